The molecule has 0 aliphatic carbocycles. The van der Waals surface area contributed by atoms with Crippen LogP contribution in [0.2, 0.25) is 5.02 Å². The second-order valence-electron chi connectivity index (χ2n) is 8.85. The normalized spacial score (nSPS) is 15.0. The number of fused-ring (bicyclic) bond motifs is 2. The maximum absolute atomic E-state index is 12.5. The summed E-state index contributed by atoms with van der Waals surface area (Å²) in [4.78, 5) is 14.3. The van der Waals surface area contributed by atoms with E-state index in [1.165, 1.54) is 11.3 Å². The Hall–Kier alpha value is -2.97. The number of nitrogens with one attached hydrogen (secondary N) is 1. The van der Waals surface area contributed by atoms with Gasteiger partial charge < -0.3 is 9.64 Å². The number of hydrogen-bond acceptors (Lipinski definition) is 8. The standard InChI is InChI=1S/C25H26ClN3O7S3/c1-3-17(13-24-28(11-6-12-39(33,34)35)20-15-18(26)9-10-21(20)36-24)14-25-29(16-23(30)27-38(2,31)32)19-7-4-5-8-22(19)37-25/h4-5,7-10,13-15H,3,6,11-12,16H2,1-2H3,(H-,27,30,33,34,35)/p+1. The Labute approximate surface area is 236 Å². The zero-order chi connectivity index (χ0) is 28.4. The van der Waals surface area contributed by atoms with Crippen LogP contribution in [0.4, 0.5) is 5.69 Å². The van der Waals surface area contributed by atoms with E-state index in [9.17, 15) is 21.6 Å². The summed E-state index contributed by atoms with van der Waals surface area (Å²) in [6, 6.07) is 12.6. The summed E-state index contributed by atoms with van der Waals surface area (Å²) in [6.07, 6.45) is 5.40. The molecule has 1 aromatic heterocycles. The van der Waals surface area contributed by atoms with Gasteiger partial charge in [-0.3, -0.25) is 9.35 Å². The molecule has 4 rings (SSSR count). The van der Waals surface area contributed by atoms with Gasteiger partial charge in [0.25, 0.3) is 21.0 Å². The lowest BCUT2D eigenvalue weighted by Crippen LogP contribution is -2.45. The van der Waals surface area contributed by atoms with Crippen molar-refractivity contribution in [2.45, 2.75) is 26.3 Å². The Balaban J connectivity index is 1.71. The van der Waals surface area contributed by atoms with Crippen LogP contribution in [0.15, 0.2) is 60.0 Å². The molecule has 0 saturated carbocycles. The largest absolute Gasteiger partial charge is 0.439 e. The Morgan fingerprint density at radius 1 is 1.21 bits per heavy atom. The van der Waals surface area contributed by atoms with Crippen LogP contribution in [-0.4, -0.2) is 45.8 Å². The molecule has 1 aliphatic rings. The molecule has 0 unspecified atom stereocenters. The topological polar surface area (TPSA) is 134 Å². The van der Waals surface area contributed by atoms with Gasteiger partial charge in [0.1, 0.15) is 4.70 Å². The van der Waals surface area contributed by atoms with Crippen molar-refractivity contribution in [2.75, 3.05) is 23.5 Å². The Morgan fingerprint density at radius 2 is 1.95 bits per heavy atom. The minimum absolute atomic E-state index is 0.155. The van der Waals surface area contributed by atoms with E-state index in [0.29, 0.717) is 28.8 Å². The lowest BCUT2D eigenvalue weighted by molar-refractivity contribution is -0.655. The summed E-state index contributed by atoms with van der Waals surface area (Å²) in [7, 11) is -7.83. The van der Waals surface area contributed by atoms with Gasteiger partial charge in [-0.15, -0.1) is 0 Å². The second-order valence-corrected chi connectivity index (χ2v) is 13.7. The van der Waals surface area contributed by atoms with Gasteiger partial charge in [-0.25, -0.2) is 13.1 Å². The smallest absolute Gasteiger partial charge is 0.299 e. The van der Waals surface area contributed by atoms with Crippen molar-refractivity contribution in [3.63, 3.8) is 0 Å². The third-order valence-corrected chi connectivity index (χ3v) is 8.49. The summed E-state index contributed by atoms with van der Waals surface area (Å²) >= 11 is 7.65. The number of rotatable bonds is 10. The fraction of sp³-hybridized carbons (Fsp3) is 0.280. The number of hydrogen-bond donors (Lipinski definition) is 2. The number of thiazole rings is 1. The first-order valence-electron chi connectivity index (χ1n) is 11.9. The molecule has 0 bridgehead atoms. The zero-order valence-electron chi connectivity index (χ0n) is 21.1. The van der Waals surface area contributed by atoms with Gasteiger partial charge in [-0.2, -0.15) is 13.0 Å². The van der Waals surface area contributed by atoms with Crippen molar-refractivity contribution in [3.8, 4) is 5.75 Å². The fourth-order valence-electron chi connectivity index (χ4n) is 4.09. The molecule has 0 atom stereocenters. The molecule has 10 nitrogen and oxygen atoms in total. The number of sulfonamides is 1. The third kappa shape index (κ3) is 7.57. The van der Waals surface area contributed by atoms with E-state index >= 15 is 0 Å². The van der Waals surface area contributed by atoms with Gasteiger partial charge in [0.05, 0.1) is 17.7 Å². The van der Waals surface area contributed by atoms with Crippen molar-refractivity contribution in [1.82, 2.24) is 4.72 Å². The number of anilines is 1. The Bertz CT molecular complexity index is 1700. The van der Waals surface area contributed by atoms with Crippen LogP contribution < -0.4 is 18.9 Å². The quantitative estimate of drug-likeness (QED) is 0.261. The number of benzene rings is 2. The summed E-state index contributed by atoms with van der Waals surface area (Å²) in [5.74, 6) is -0.0467. The molecule has 3 aromatic rings. The van der Waals surface area contributed by atoms with Gasteiger partial charge >= 0.3 is 0 Å². The van der Waals surface area contributed by atoms with Gasteiger partial charge in [0.15, 0.2) is 5.75 Å². The van der Waals surface area contributed by atoms with E-state index in [-0.39, 0.29) is 19.5 Å². The van der Waals surface area contributed by atoms with E-state index < -0.39 is 31.8 Å². The Morgan fingerprint density at radius 3 is 2.64 bits per heavy atom. The highest BCUT2D eigenvalue weighted by Crippen LogP contribution is 2.41. The number of ether oxygens (including phenoxy) is 1. The number of amides is 1. The minimum atomic E-state index is -4.12. The summed E-state index contributed by atoms with van der Waals surface area (Å²) in [5.41, 5.74) is 2.30. The molecule has 208 valence electrons. The van der Waals surface area contributed by atoms with Crippen molar-refractivity contribution in [3.05, 3.63) is 70.0 Å². The number of allylic oxidation sites excluding steroid dienone is 2. The van der Waals surface area contributed by atoms with Crippen molar-refractivity contribution in [2.24, 2.45) is 0 Å². The monoisotopic (exact) mass is 612 g/mol. The lowest BCUT2D eigenvalue weighted by atomic mass is 10.2. The SMILES string of the molecule is CCC(=Cc1sc2ccccc2[n+]1CC(=O)NS(C)(=O)=O)C=C1Oc2ccc(Cl)cc2N1CCCS(=O)(=O)O. The maximum Gasteiger partial charge on any atom is 0.299 e. The van der Waals surface area contributed by atoms with Gasteiger partial charge in [0.2, 0.25) is 28.0 Å². The first-order valence-corrected chi connectivity index (χ1v) is 16.6. The van der Waals surface area contributed by atoms with E-state index in [0.717, 1.165) is 27.1 Å². The highest BCUT2D eigenvalue weighted by atomic mass is 35.5. The van der Waals surface area contributed by atoms with Crippen LogP contribution >= 0.6 is 22.9 Å². The van der Waals surface area contributed by atoms with E-state index in [4.69, 9.17) is 20.9 Å². The average Bonchev–Trinajstić information content (AvgIpc) is 3.34. The minimum Gasteiger partial charge on any atom is -0.439 e. The molecule has 39 heavy (non-hydrogen) atoms. The highest BCUT2D eigenvalue weighted by Gasteiger charge is 2.28. The molecule has 0 radical (unpaired) electrons. The molecule has 1 aliphatic heterocycles. The van der Waals surface area contributed by atoms with E-state index in [1.807, 2.05) is 48.1 Å². The molecular formula is C25H27ClN3O7S3+. The molecular weight excluding hydrogens is 586 g/mol. The molecule has 0 saturated heterocycles. The summed E-state index contributed by atoms with van der Waals surface area (Å²) in [6.45, 7) is 2.02. The number of carbonyl (C=O) groups excluding carboxylic acids is 1. The maximum atomic E-state index is 12.5. The van der Waals surface area contributed by atoms with Crippen LogP contribution in [0.1, 0.15) is 24.8 Å². The van der Waals surface area contributed by atoms with Crippen molar-refractivity contribution >= 4 is 71.0 Å². The number of aromatic nitrogens is 1. The molecule has 2 N–H and O–H groups in total. The number of para-hydroxylation sites is 1. The average molecular weight is 613 g/mol. The first-order chi connectivity index (χ1) is 18.3. The number of nitrogens with zero attached hydrogens (tertiary/aromatic N) is 2. The van der Waals surface area contributed by atoms with Crippen LogP contribution in [0, 0.1) is 0 Å². The molecule has 0 fully saturated rings. The predicted molar refractivity (Wildman–Crippen MR) is 152 cm³/mol. The third-order valence-electron chi connectivity index (χ3n) is 5.74. The van der Waals surface area contributed by atoms with Crippen LogP contribution in [0.5, 0.6) is 5.75 Å². The first kappa shape index (κ1) is 29.0. The zero-order valence-corrected chi connectivity index (χ0v) is 24.3. The molecule has 2 heterocycles. The molecule has 0 spiro atoms. The lowest BCUT2D eigenvalue weighted by Gasteiger charge is -2.18. The predicted octanol–water partition coefficient (Wildman–Crippen LogP) is 3.73. The van der Waals surface area contributed by atoms with Crippen molar-refractivity contribution in [1.29, 1.82) is 0 Å². The van der Waals surface area contributed by atoms with Gasteiger partial charge in [-0.1, -0.05) is 42.0 Å². The van der Waals surface area contributed by atoms with Crippen molar-refractivity contribution < 1.29 is 35.5 Å². The van der Waals surface area contributed by atoms with Crippen LogP contribution in [0.3, 0.4) is 0 Å². The van der Waals surface area contributed by atoms with E-state index in [1.54, 1.807) is 27.7 Å². The fourth-order valence-corrected chi connectivity index (χ4v) is 6.36. The summed E-state index contributed by atoms with van der Waals surface area (Å²) in [5, 5.41) is 1.22. The number of carbonyl (C=O) groups is 1. The molecule has 14 heteroatoms. The summed E-state index contributed by atoms with van der Waals surface area (Å²) < 4.78 is 65.6. The van der Waals surface area contributed by atoms with Crippen LogP contribution in [-0.2, 0) is 31.5 Å². The second kappa shape index (κ2) is 11.6. The van der Waals surface area contributed by atoms with Crippen LogP contribution in [0.25, 0.3) is 16.3 Å². The number of halogens is 1. The molecule has 1 amide bonds. The molecule has 2 aromatic carbocycles. The van der Waals surface area contributed by atoms with Gasteiger partial charge in [-0.05, 0) is 42.7 Å². The van der Waals surface area contributed by atoms with E-state index in [2.05, 4.69) is 0 Å². The highest BCUT2D eigenvalue weighted by molar-refractivity contribution is 7.89. The Kier molecular flexibility index (Phi) is 8.66. The van der Waals surface area contributed by atoms with Gasteiger partial charge in [0, 0.05) is 29.8 Å².